The SMILES string of the molecule is CCOc1ccc(C(NN)c2cc(F)ccc2OC)cc1. The average Bonchev–Trinajstić information content (AvgIpc) is 2.50. The predicted molar refractivity (Wildman–Crippen MR) is 79.7 cm³/mol. The van der Waals surface area contributed by atoms with Crippen molar-refractivity contribution in [3.05, 3.63) is 59.4 Å². The van der Waals surface area contributed by atoms with Crippen molar-refractivity contribution in [1.82, 2.24) is 5.43 Å². The molecule has 112 valence electrons. The summed E-state index contributed by atoms with van der Waals surface area (Å²) in [4.78, 5) is 0. The van der Waals surface area contributed by atoms with E-state index in [2.05, 4.69) is 5.43 Å². The Labute approximate surface area is 123 Å². The maximum atomic E-state index is 13.5. The third kappa shape index (κ3) is 3.51. The molecule has 21 heavy (non-hydrogen) atoms. The van der Waals surface area contributed by atoms with Gasteiger partial charge in [0, 0.05) is 5.56 Å². The number of hydrogen-bond acceptors (Lipinski definition) is 4. The van der Waals surface area contributed by atoms with Gasteiger partial charge in [-0.15, -0.1) is 0 Å². The van der Waals surface area contributed by atoms with E-state index in [-0.39, 0.29) is 11.9 Å². The summed E-state index contributed by atoms with van der Waals surface area (Å²) < 4.78 is 24.2. The van der Waals surface area contributed by atoms with Crippen LogP contribution < -0.4 is 20.7 Å². The highest BCUT2D eigenvalue weighted by molar-refractivity contribution is 5.43. The van der Waals surface area contributed by atoms with Crippen molar-refractivity contribution >= 4 is 0 Å². The highest BCUT2D eigenvalue weighted by atomic mass is 19.1. The Bertz CT molecular complexity index is 587. The Hall–Kier alpha value is -2.11. The minimum atomic E-state index is -0.369. The van der Waals surface area contributed by atoms with Crippen LogP contribution in [0.1, 0.15) is 24.1 Å². The molecule has 0 aliphatic heterocycles. The second kappa shape index (κ2) is 7.06. The van der Waals surface area contributed by atoms with Crippen molar-refractivity contribution in [1.29, 1.82) is 0 Å². The molecule has 1 unspecified atom stereocenters. The fraction of sp³-hybridized carbons (Fsp3) is 0.250. The molecule has 0 aromatic heterocycles. The quantitative estimate of drug-likeness (QED) is 0.634. The molecule has 5 heteroatoms. The number of ether oxygens (including phenoxy) is 2. The number of methoxy groups -OCH3 is 1. The van der Waals surface area contributed by atoms with Crippen LogP contribution in [0.4, 0.5) is 4.39 Å². The molecule has 0 aliphatic carbocycles. The normalized spacial score (nSPS) is 12.0. The van der Waals surface area contributed by atoms with Gasteiger partial charge in [-0.25, -0.2) is 9.82 Å². The number of halogens is 1. The van der Waals surface area contributed by atoms with Crippen LogP contribution >= 0.6 is 0 Å². The highest BCUT2D eigenvalue weighted by Gasteiger charge is 2.18. The molecule has 0 bridgehead atoms. The predicted octanol–water partition coefficient (Wildman–Crippen LogP) is 2.79. The van der Waals surface area contributed by atoms with Gasteiger partial charge in [-0.05, 0) is 42.8 Å². The van der Waals surface area contributed by atoms with Gasteiger partial charge in [0.25, 0.3) is 0 Å². The number of benzene rings is 2. The summed E-state index contributed by atoms with van der Waals surface area (Å²) in [6.07, 6.45) is 0. The molecule has 2 rings (SSSR count). The number of rotatable bonds is 6. The van der Waals surface area contributed by atoms with Crippen molar-refractivity contribution in [2.45, 2.75) is 13.0 Å². The first kappa shape index (κ1) is 15.3. The van der Waals surface area contributed by atoms with Crippen molar-refractivity contribution in [2.75, 3.05) is 13.7 Å². The summed E-state index contributed by atoms with van der Waals surface area (Å²) in [5.41, 5.74) is 4.24. The minimum absolute atomic E-state index is 0.336. The van der Waals surface area contributed by atoms with Gasteiger partial charge in [-0.3, -0.25) is 5.84 Å². The van der Waals surface area contributed by atoms with E-state index in [1.807, 2.05) is 31.2 Å². The first-order valence-corrected chi connectivity index (χ1v) is 6.72. The van der Waals surface area contributed by atoms with Gasteiger partial charge in [-0.2, -0.15) is 0 Å². The molecule has 0 aliphatic rings. The molecule has 0 saturated heterocycles. The third-order valence-electron chi connectivity index (χ3n) is 3.19. The molecule has 0 heterocycles. The topological polar surface area (TPSA) is 56.5 Å². The maximum Gasteiger partial charge on any atom is 0.124 e. The van der Waals surface area contributed by atoms with Crippen LogP contribution in [0.2, 0.25) is 0 Å². The lowest BCUT2D eigenvalue weighted by atomic mass is 9.98. The second-order valence-electron chi connectivity index (χ2n) is 4.49. The molecule has 4 nitrogen and oxygen atoms in total. The van der Waals surface area contributed by atoms with Gasteiger partial charge in [0.05, 0.1) is 19.8 Å². The Kier molecular flexibility index (Phi) is 5.14. The van der Waals surface area contributed by atoms with Crippen molar-refractivity contribution in [3.8, 4) is 11.5 Å². The summed E-state index contributed by atoms with van der Waals surface area (Å²) in [5, 5.41) is 0. The van der Waals surface area contributed by atoms with Gasteiger partial charge < -0.3 is 9.47 Å². The van der Waals surface area contributed by atoms with E-state index in [0.717, 1.165) is 11.3 Å². The standard InChI is InChI=1S/C16H19FN2O2/c1-3-21-13-7-4-11(5-8-13)16(19-18)14-10-12(17)6-9-15(14)20-2/h4-10,16,19H,3,18H2,1-2H3. The summed E-state index contributed by atoms with van der Waals surface area (Å²) in [6, 6.07) is 11.5. The third-order valence-corrected chi connectivity index (χ3v) is 3.19. The number of hydrogen-bond donors (Lipinski definition) is 2. The fourth-order valence-electron chi connectivity index (χ4n) is 2.22. The molecular formula is C16H19FN2O2. The van der Waals surface area contributed by atoms with E-state index < -0.39 is 0 Å². The molecule has 1 atom stereocenters. The summed E-state index contributed by atoms with van der Waals surface area (Å²) >= 11 is 0. The van der Waals surface area contributed by atoms with Crippen molar-refractivity contribution < 1.29 is 13.9 Å². The molecular weight excluding hydrogens is 271 g/mol. The van der Waals surface area contributed by atoms with Crippen LogP contribution in [0, 0.1) is 5.82 Å². The maximum absolute atomic E-state index is 13.5. The smallest absolute Gasteiger partial charge is 0.124 e. The molecule has 0 fully saturated rings. The van der Waals surface area contributed by atoms with Crippen LogP contribution in [0.15, 0.2) is 42.5 Å². The fourth-order valence-corrected chi connectivity index (χ4v) is 2.22. The number of nitrogens with two attached hydrogens (primary N) is 1. The number of nitrogens with one attached hydrogen (secondary N) is 1. The van der Waals surface area contributed by atoms with Gasteiger partial charge in [0.1, 0.15) is 17.3 Å². The van der Waals surface area contributed by atoms with Crippen LogP contribution in [-0.2, 0) is 0 Å². The molecule has 2 aromatic rings. The summed E-state index contributed by atoms with van der Waals surface area (Å²) in [6.45, 7) is 2.53. The van der Waals surface area contributed by atoms with E-state index in [4.69, 9.17) is 15.3 Å². The zero-order valence-electron chi connectivity index (χ0n) is 12.1. The van der Waals surface area contributed by atoms with Gasteiger partial charge in [0.2, 0.25) is 0 Å². The highest BCUT2D eigenvalue weighted by Crippen LogP contribution is 2.31. The molecule has 0 radical (unpaired) electrons. The summed E-state index contributed by atoms with van der Waals surface area (Å²) in [7, 11) is 1.54. The Balaban J connectivity index is 2.37. The average molecular weight is 290 g/mol. The van der Waals surface area contributed by atoms with E-state index in [1.165, 1.54) is 12.1 Å². The van der Waals surface area contributed by atoms with Gasteiger partial charge >= 0.3 is 0 Å². The van der Waals surface area contributed by atoms with Crippen molar-refractivity contribution in [3.63, 3.8) is 0 Å². The zero-order valence-corrected chi connectivity index (χ0v) is 12.1. The lowest BCUT2D eigenvalue weighted by Crippen LogP contribution is -2.29. The molecule has 0 amide bonds. The monoisotopic (exact) mass is 290 g/mol. The first-order valence-electron chi connectivity index (χ1n) is 6.72. The lowest BCUT2D eigenvalue weighted by molar-refractivity contribution is 0.340. The van der Waals surface area contributed by atoms with Gasteiger partial charge in [-0.1, -0.05) is 12.1 Å². The Morgan fingerprint density at radius 1 is 1.19 bits per heavy atom. The van der Waals surface area contributed by atoms with E-state index in [0.29, 0.717) is 17.9 Å². The van der Waals surface area contributed by atoms with Crippen molar-refractivity contribution in [2.24, 2.45) is 5.84 Å². The Morgan fingerprint density at radius 3 is 2.48 bits per heavy atom. The van der Waals surface area contributed by atoms with Crippen LogP contribution in [-0.4, -0.2) is 13.7 Å². The second-order valence-corrected chi connectivity index (χ2v) is 4.49. The number of hydrazine groups is 1. The van der Waals surface area contributed by atoms with Crippen LogP contribution in [0.3, 0.4) is 0 Å². The molecule has 3 N–H and O–H groups in total. The molecule has 0 saturated carbocycles. The molecule has 0 spiro atoms. The Morgan fingerprint density at radius 2 is 1.90 bits per heavy atom. The van der Waals surface area contributed by atoms with Crippen LogP contribution in [0.25, 0.3) is 0 Å². The minimum Gasteiger partial charge on any atom is -0.496 e. The van der Waals surface area contributed by atoms with E-state index in [9.17, 15) is 4.39 Å². The lowest BCUT2D eigenvalue weighted by Gasteiger charge is -2.20. The van der Waals surface area contributed by atoms with E-state index in [1.54, 1.807) is 13.2 Å². The van der Waals surface area contributed by atoms with Crippen LogP contribution in [0.5, 0.6) is 11.5 Å². The zero-order chi connectivity index (χ0) is 15.2. The summed E-state index contributed by atoms with van der Waals surface area (Å²) in [5.74, 6) is 6.67. The van der Waals surface area contributed by atoms with E-state index >= 15 is 0 Å². The molecule has 2 aromatic carbocycles. The van der Waals surface area contributed by atoms with Gasteiger partial charge in [0.15, 0.2) is 0 Å². The largest absolute Gasteiger partial charge is 0.496 e. The first-order chi connectivity index (χ1) is 10.2.